The van der Waals surface area contributed by atoms with Crippen LogP contribution in [0.5, 0.6) is 0 Å². The Balaban J connectivity index is 1.95. The van der Waals surface area contributed by atoms with Gasteiger partial charge in [0.05, 0.1) is 36.7 Å². The van der Waals surface area contributed by atoms with E-state index in [0.717, 1.165) is 15.4 Å². The van der Waals surface area contributed by atoms with Gasteiger partial charge in [-0.2, -0.15) is 0 Å². The van der Waals surface area contributed by atoms with Crippen molar-refractivity contribution in [3.05, 3.63) is 89.5 Å². The summed E-state index contributed by atoms with van der Waals surface area (Å²) in [6.45, 7) is 10.6. The number of morpholine rings is 1. The van der Waals surface area contributed by atoms with Crippen molar-refractivity contribution in [1.82, 2.24) is 5.06 Å². The van der Waals surface area contributed by atoms with Gasteiger partial charge < -0.3 is 14.1 Å². The van der Waals surface area contributed by atoms with Gasteiger partial charge in [0.25, 0.3) is 14.9 Å². The van der Waals surface area contributed by atoms with Gasteiger partial charge in [0.1, 0.15) is 0 Å². The van der Waals surface area contributed by atoms with Crippen LogP contribution < -0.4 is 15.3 Å². The molecule has 3 atom stereocenters. The topological polar surface area (TPSA) is 51.2 Å². The van der Waals surface area contributed by atoms with E-state index in [4.69, 9.17) is 14.0 Å². The summed E-state index contributed by atoms with van der Waals surface area (Å²) in [5.74, 6) is -3.08. The molecule has 1 aliphatic rings. The lowest BCUT2D eigenvalue weighted by Gasteiger charge is -2.41. The second-order valence-corrected chi connectivity index (χ2v) is 13.6. The number of hydroxylamine groups is 2. The highest BCUT2D eigenvalue weighted by Crippen LogP contribution is 2.44. The van der Waals surface area contributed by atoms with Gasteiger partial charge >= 0.3 is 0 Å². The molecule has 1 saturated heterocycles. The van der Waals surface area contributed by atoms with Gasteiger partial charge in [0.2, 0.25) is 0 Å². The van der Waals surface area contributed by atoms with E-state index in [9.17, 15) is 4.79 Å². The van der Waals surface area contributed by atoms with E-state index in [1.807, 2.05) is 100 Å². The summed E-state index contributed by atoms with van der Waals surface area (Å²) < 4.78 is 45.0. The number of amides is 1. The Morgan fingerprint density at radius 1 is 0.976 bits per heavy atom. The average molecular weight is 582 g/mol. The fraction of sp³-hybridized carbons (Fsp3) is 0.406. The molecule has 1 fully saturated rings. The molecule has 6 nitrogen and oxygen atoms in total. The first-order chi connectivity index (χ1) is 19.4. The summed E-state index contributed by atoms with van der Waals surface area (Å²) in [6.07, 6.45) is -1.09. The summed E-state index contributed by atoms with van der Waals surface area (Å²) in [7, 11) is 0.811. The first kappa shape index (κ1) is 30.8. The van der Waals surface area contributed by atoms with Gasteiger partial charge in [0, 0.05) is 25.7 Å². The van der Waals surface area contributed by atoms with Crippen LogP contribution in [-0.2, 0) is 14.0 Å². The summed E-state index contributed by atoms with van der Waals surface area (Å²) in [5, 5.41) is 2.92. The predicted molar refractivity (Wildman–Crippen MR) is 159 cm³/mol. The molecule has 1 aliphatic heterocycles. The maximum atomic E-state index is 16.3. The number of hydrogen-bond acceptors (Lipinski definition) is 5. The van der Waals surface area contributed by atoms with Crippen LogP contribution in [0.25, 0.3) is 0 Å². The summed E-state index contributed by atoms with van der Waals surface area (Å²) >= 11 is 0. The zero-order valence-electron chi connectivity index (χ0n) is 24.8. The third-order valence-corrected chi connectivity index (χ3v) is 9.30. The van der Waals surface area contributed by atoms with Crippen LogP contribution in [0.1, 0.15) is 56.6 Å². The predicted octanol–water partition coefficient (Wildman–Crippen LogP) is 5.12. The fourth-order valence-electron chi connectivity index (χ4n) is 5.23. The molecule has 9 heteroatoms. The molecule has 0 aliphatic carbocycles. The van der Waals surface area contributed by atoms with Crippen LogP contribution in [0.3, 0.4) is 0 Å². The van der Waals surface area contributed by atoms with Crippen LogP contribution in [0.2, 0.25) is 0 Å². The van der Waals surface area contributed by atoms with Crippen molar-refractivity contribution in [2.45, 2.75) is 52.9 Å². The quantitative estimate of drug-likeness (QED) is 0.273. The van der Waals surface area contributed by atoms with Gasteiger partial charge in [0.15, 0.2) is 11.6 Å². The van der Waals surface area contributed by atoms with E-state index in [1.165, 1.54) is 20.2 Å². The van der Waals surface area contributed by atoms with Crippen molar-refractivity contribution >= 4 is 31.0 Å². The first-order valence-electron chi connectivity index (χ1n) is 13.8. The molecular weight excluding hydrogens is 542 g/mol. The third kappa shape index (κ3) is 6.86. The highest BCUT2D eigenvalue weighted by atomic mass is 28.3. The molecule has 41 heavy (non-hydrogen) atoms. The number of carbonyl (C=O) groups excluding carboxylic acids is 1. The number of benzene rings is 3. The highest BCUT2D eigenvalue weighted by Gasteiger charge is 2.39. The smallest absolute Gasteiger partial charge is 0.283 e. The van der Waals surface area contributed by atoms with E-state index in [-0.39, 0.29) is 17.9 Å². The Kier molecular flexibility index (Phi) is 9.64. The summed E-state index contributed by atoms with van der Waals surface area (Å²) in [5.41, 5.74) is -0.454. The van der Waals surface area contributed by atoms with Crippen molar-refractivity contribution in [3.8, 4) is 0 Å². The number of carbonyl (C=O) groups is 1. The Morgan fingerprint density at radius 3 is 1.95 bits per heavy atom. The molecule has 3 aromatic carbocycles. The van der Waals surface area contributed by atoms with Crippen molar-refractivity contribution in [2.24, 2.45) is 5.41 Å². The maximum absolute atomic E-state index is 16.3. The molecule has 0 saturated carbocycles. The molecule has 219 valence electrons. The molecule has 3 aromatic rings. The molecule has 0 spiro atoms. The molecule has 0 bridgehead atoms. The Bertz CT molecular complexity index is 1290. The number of rotatable bonds is 8. The van der Waals surface area contributed by atoms with Crippen molar-refractivity contribution in [1.29, 1.82) is 0 Å². The van der Waals surface area contributed by atoms with Crippen LogP contribution >= 0.6 is 0 Å². The Morgan fingerprint density at radius 2 is 1.49 bits per heavy atom. The normalized spacial score (nSPS) is 18.4. The monoisotopic (exact) mass is 581 g/mol. The van der Waals surface area contributed by atoms with Crippen LogP contribution in [0, 0.1) is 17.0 Å². The lowest BCUT2D eigenvalue weighted by atomic mass is 9.83. The molecule has 1 radical (unpaired) electrons. The zero-order chi connectivity index (χ0) is 29.9. The minimum absolute atomic E-state index is 0.100. The number of halogens is 2. The van der Waals surface area contributed by atoms with Gasteiger partial charge in [-0.15, -0.1) is 0 Å². The van der Waals surface area contributed by atoms with Gasteiger partial charge in [-0.3, -0.25) is 9.63 Å². The lowest BCUT2D eigenvalue weighted by Crippen LogP contribution is -2.48. The summed E-state index contributed by atoms with van der Waals surface area (Å²) in [6, 6.07) is 21.3. The molecule has 3 unspecified atom stereocenters. The van der Waals surface area contributed by atoms with Crippen molar-refractivity contribution in [3.63, 3.8) is 0 Å². The van der Waals surface area contributed by atoms with Crippen molar-refractivity contribution in [2.75, 3.05) is 32.1 Å². The number of ether oxygens (including phenoxy) is 1. The minimum atomic E-state index is -1.85. The lowest BCUT2D eigenvalue weighted by molar-refractivity contribution is -0.0760. The van der Waals surface area contributed by atoms with E-state index >= 15 is 8.78 Å². The van der Waals surface area contributed by atoms with Crippen LogP contribution in [-0.4, -0.2) is 59.5 Å². The van der Waals surface area contributed by atoms with E-state index < -0.39 is 43.7 Å². The molecule has 4 rings (SSSR count). The first-order valence-corrected chi connectivity index (χ1v) is 15.2. The maximum Gasteiger partial charge on any atom is 0.283 e. The second kappa shape index (κ2) is 12.8. The SMILES string of the molecule is CON(C)C(=O)c1cc(C(O[Si](c2ccccc2)c2ccccc2)C(C)(C)C)c(N2CC(C)OC(C)C2)c(F)c1F. The number of nitrogens with zero attached hydrogens (tertiary/aromatic N) is 2. The molecular formula is C32H39F2N2O4Si. The standard InChI is InChI=1S/C32H39F2N2O4Si/c1-21-19-36(20-22(2)39-21)29-26(18-25(27(33)28(29)34)31(37)35(6)38-7)30(32(3,4)5)40-41(23-14-10-8-11-15-23)24-16-12-9-13-17-24/h8-18,21-22,30H,19-20H2,1-7H3. The van der Waals surface area contributed by atoms with Crippen LogP contribution in [0.4, 0.5) is 14.5 Å². The highest BCUT2D eigenvalue weighted by molar-refractivity contribution is 6.80. The van der Waals surface area contributed by atoms with Gasteiger partial charge in [-0.1, -0.05) is 81.4 Å². The Hall–Kier alpha value is -3.11. The van der Waals surface area contributed by atoms with E-state index in [1.54, 1.807) is 0 Å². The molecule has 1 heterocycles. The second-order valence-electron chi connectivity index (χ2n) is 11.6. The molecule has 0 aromatic heterocycles. The Labute approximate surface area is 243 Å². The van der Waals surface area contributed by atoms with Gasteiger partial charge in [-0.05, 0) is 35.7 Å². The van der Waals surface area contributed by atoms with Crippen molar-refractivity contribution < 1.29 is 27.6 Å². The largest absolute Gasteiger partial charge is 0.400 e. The zero-order valence-corrected chi connectivity index (χ0v) is 25.8. The minimum Gasteiger partial charge on any atom is -0.400 e. The third-order valence-electron chi connectivity index (χ3n) is 7.11. The number of anilines is 1. The van der Waals surface area contributed by atoms with E-state index in [2.05, 4.69) is 0 Å². The molecule has 0 N–H and O–H groups in total. The average Bonchev–Trinajstić information content (AvgIpc) is 2.94. The number of hydrogen-bond donors (Lipinski definition) is 0. The van der Waals surface area contributed by atoms with Crippen LogP contribution in [0.15, 0.2) is 66.7 Å². The summed E-state index contributed by atoms with van der Waals surface area (Å²) in [4.78, 5) is 20.0. The van der Waals surface area contributed by atoms with Gasteiger partial charge in [-0.25, -0.2) is 13.8 Å². The molecule has 1 amide bonds. The fourth-order valence-corrected chi connectivity index (χ4v) is 7.54. The van der Waals surface area contributed by atoms with E-state index in [0.29, 0.717) is 18.7 Å².